The molecule has 0 unspecified atom stereocenters. The number of carbonyl (C=O) groups is 1. The Bertz CT molecular complexity index is 1150. The first-order chi connectivity index (χ1) is 12.8. The Hall–Kier alpha value is -1.88. The van der Waals surface area contributed by atoms with Crippen molar-refractivity contribution in [2.45, 2.75) is 6.42 Å². The summed E-state index contributed by atoms with van der Waals surface area (Å²) in [7, 11) is 0. The molecule has 0 aliphatic heterocycles. The molecule has 6 heteroatoms. The molecule has 32 heavy (non-hydrogen) atoms. The summed E-state index contributed by atoms with van der Waals surface area (Å²) in [6.45, 7) is 0. The Morgan fingerprint density at radius 1 is 0.812 bits per heavy atom. The van der Waals surface area contributed by atoms with Gasteiger partial charge in [-0.25, -0.2) is 0 Å². The monoisotopic (exact) mass is 515 g/mol. The van der Waals surface area contributed by atoms with Crippen molar-refractivity contribution in [2.24, 2.45) is 0 Å². The smallest absolute Gasteiger partial charge is 1.00 e. The Kier molecular flexibility index (Phi) is 17.2. The molecule has 5 rings (SSSR count). The molecule has 0 saturated heterocycles. The summed E-state index contributed by atoms with van der Waals surface area (Å²) in [5, 5.41) is 5.31. The Morgan fingerprint density at radius 2 is 1.38 bits per heavy atom. The first-order valence-corrected chi connectivity index (χ1v) is 8.57. The number of carbonyl (C=O) groups excluding carboxylic acids is 1. The molecule has 0 bridgehead atoms. The summed E-state index contributed by atoms with van der Waals surface area (Å²) in [6.07, 6.45) is 5.53. The quantitative estimate of drug-likeness (QED) is 0.195. The number of benzene rings is 4. The fraction of sp³-hybridized carbons (Fsp3) is 0.0385. The van der Waals surface area contributed by atoms with E-state index >= 15 is 0 Å². The van der Waals surface area contributed by atoms with Gasteiger partial charge in [-0.05, 0) is 28.3 Å². The maximum atomic E-state index is 10.3. The van der Waals surface area contributed by atoms with Gasteiger partial charge in [-0.3, -0.25) is 0 Å². The molecule has 0 aromatic heterocycles. The van der Waals surface area contributed by atoms with Gasteiger partial charge >= 0.3 is 21.7 Å². The van der Waals surface area contributed by atoms with Gasteiger partial charge in [-0.2, -0.15) is 0 Å². The van der Waals surface area contributed by atoms with Crippen molar-refractivity contribution < 1.29 is 51.3 Å². The molecular formula is C26H27Cl2NOSiTi-4. The van der Waals surface area contributed by atoms with E-state index in [1.54, 1.807) is 24.3 Å². The van der Waals surface area contributed by atoms with Crippen LogP contribution in [0.1, 0.15) is 21.5 Å². The van der Waals surface area contributed by atoms with Crippen molar-refractivity contribution in [3.63, 3.8) is 0 Å². The van der Waals surface area contributed by atoms with E-state index in [2.05, 4.69) is 54.6 Å². The fourth-order valence-corrected chi connectivity index (χ4v) is 3.45. The largest absolute Gasteiger partial charge is 2.00 e. The van der Waals surface area contributed by atoms with E-state index in [1.807, 2.05) is 12.1 Å². The van der Waals surface area contributed by atoms with Crippen LogP contribution >= 0.6 is 0 Å². The van der Waals surface area contributed by atoms with Crippen LogP contribution in [0.4, 0.5) is 0 Å². The van der Waals surface area contributed by atoms with Gasteiger partial charge in [0.2, 0.25) is 0 Å². The number of nitrogens with one attached hydrogen (secondary N) is 1. The Morgan fingerprint density at radius 3 is 1.97 bits per heavy atom. The van der Waals surface area contributed by atoms with Crippen molar-refractivity contribution in [3.05, 3.63) is 122 Å². The van der Waals surface area contributed by atoms with Crippen LogP contribution in [-0.2, 0) is 28.1 Å². The molecule has 4 aromatic rings. The van der Waals surface area contributed by atoms with E-state index in [9.17, 15) is 4.79 Å². The molecule has 2 nitrogen and oxygen atoms in total. The summed E-state index contributed by atoms with van der Waals surface area (Å²) in [6, 6.07) is 26.9. The summed E-state index contributed by atoms with van der Waals surface area (Å²) in [5.41, 5.74) is 9.94. The average Bonchev–Trinajstić information content (AvgIpc) is 3.20. The maximum Gasteiger partial charge on any atom is 2.00 e. The van der Waals surface area contributed by atoms with Crippen LogP contribution in [0.3, 0.4) is 0 Å². The normalized spacial score (nSPS) is 9.62. The van der Waals surface area contributed by atoms with Gasteiger partial charge in [0, 0.05) is 0 Å². The zero-order chi connectivity index (χ0) is 17.9. The van der Waals surface area contributed by atoms with Crippen LogP contribution in [0.2, 0.25) is 0 Å². The topological polar surface area (TPSA) is 40.9 Å². The van der Waals surface area contributed by atoms with Crippen LogP contribution in [0, 0.1) is 20.9 Å². The van der Waals surface area contributed by atoms with Gasteiger partial charge in [-0.1, -0.05) is 77.7 Å². The first-order valence-electron chi connectivity index (χ1n) is 8.57. The van der Waals surface area contributed by atoms with Gasteiger partial charge in [-0.15, -0.1) is 40.6 Å². The molecule has 0 fully saturated rings. The first kappa shape index (κ1) is 34.7. The number of allylic oxidation sites excluding steroid dienone is 1. The van der Waals surface area contributed by atoms with E-state index < -0.39 is 5.91 Å². The van der Waals surface area contributed by atoms with Gasteiger partial charge in [0.05, 0.1) is 5.91 Å². The van der Waals surface area contributed by atoms with Crippen LogP contribution in [-0.4, -0.2) is 16.9 Å². The maximum absolute atomic E-state index is 10.3. The average molecular weight is 516 g/mol. The van der Waals surface area contributed by atoms with Crippen LogP contribution < -0.4 is 24.8 Å². The van der Waals surface area contributed by atoms with Gasteiger partial charge < -0.3 is 50.2 Å². The summed E-state index contributed by atoms with van der Waals surface area (Å²) >= 11 is 0. The molecule has 1 aliphatic carbocycles. The second-order valence-electron chi connectivity index (χ2n) is 6.20. The molecule has 168 valence electrons. The number of rotatable bonds is 1. The second-order valence-corrected chi connectivity index (χ2v) is 6.20. The standard InChI is InChI=1S/C17H11.C7H7NO.2CH3.2ClH.H4Si.Ti/c1-3-8-14-12(6-1)13-7-2-4-9-15(13)17-11-5-10-16(14)17;8-7(9)6-4-2-1-3-5-6;;;;;;/h1-8,10H,11H2;1-5H,(H2,8,9);2*1H3;2*1H;1H4;/q-1;;2*-1;;;;+2/p-3. The van der Waals surface area contributed by atoms with Gasteiger partial charge in [0.25, 0.3) is 0 Å². The number of hydrogen-bond acceptors (Lipinski definition) is 1. The van der Waals surface area contributed by atoms with Crippen LogP contribution in [0.25, 0.3) is 33.4 Å². The summed E-state index contributed by atoms with van der Waals surface area (Å²) in [5.74, 6) is -0.629. The molecule has 1 N–H and O–H groups in total. The summed E-state index contributed by atoms with van der Waals surface area (Å²) in [4.78, 5) is 10.3. The number of fused-ring (bicyclic) bond motifs is 6. The molecular weight excluding hydrogens is 489 g/mol. The number of hydrogen-bond donors (Lipinski definition) is 0. The van der Waals surface area contributed by atoms with Crippen molar-refractivity contribution in [1.82, 2.24) is 0 Å². The van der Waals surface area contributed by atoms with Gasteiger partial charge in [0.1, 0.15) is 0 Å². The third-order valence-corrected chi connectivity index (χ3v) is 4.63. The number of halogens is 2. The van der Waals surface area contributed by atoms with Crippen LogP contribution in [0.5, 0.6) is 0 Å². The van der Waals surface area contributed by atoms with Crippen molar-refractivity contribution in [2.75, 3.05) is 0 Å². The third-order valence-electron chi connectivity index (χ3n) is 4.63. The third kappa shape index (κ3) is 7.06. The zero-order valence-electron chi connectivity index (χ0n) is 17.5. The molecule has 1 aliphatic rings. The molecule has 0 radical (unpaired) electrons. The molecule has 4 aromatic carbocycles. The predicted octanol–water partition coefficient (Wildman–Crippen LogP) is -0.304. The minimum absolute atomic E-state index is 0. The molecule has 0 atom stereocenters. The molecule has 0 heterocycles. The van der Waals surface area contributed by atoms with Crippen molar-refractivity contribution in [1.29, 1.82) is 0 Å². The Balaban J connectivity index is -0.000000500. The number of amides is 1. The summed E-state index contributed by atoms with van der Waals surface area (Å²) < 4.78 is 0. The van der Waals surface area contributed by atoms with E-state index in [4.69, 9.17) is 5.73 Å². The molecule has 0 spiro atoms. The zero-order valence-corrected chi connectivity index (χ0v) is 20.5. The van der Waals surface area contributed by atoms with Gasteiger partial charge in [0.15, 0.2) is 0 Å². The minimum atomic E-state index is -0.629. The SMILES string of the molecule is [CH3-].[CH3-].[Cl-].[Cl-].[NH-]C(=O)c1ccccc1.[SiH4].[Ti+2].[c-]1cccc2c1c1c(c3ccccc32)C=CC1. The minimum Gasteiger partial charge on any atom is -1.00 e. The molecule has 0 saturated carbocycles. The second kappa shape index (κ2) is 15.8. The van der Waals surface area contributed by atoms with Crippen LogP contribution in [0.15, 0.2) is 78.9 Å². The van der Waals surface area contributed by atoms with Crippen molar-refractivity contribution in [3.8, 4) is 0 Å². The fourth-order valence-electron chi connectivity index (χ4n) is 3.45. The van der Waals surface area contributed by atoms with E-state index in [0.717, 1.165) is 6.42 Å². The molecule has 1 amide bonds. The van der Waals surface area contributed by atoms with E-state index in [1.165, 1.54) is 32.7 Å². The Labute approximate surface area is 223 Å². The van der Waals surface area contributed by atoms with E-state index in [0.29, 0.717) is 5.56 Å². The van der Waals surface area contributed by atoms with E-state index in [-0.39, 0.29) is 72.4 Å². The predicted molar refractivity (Wildman–Crippen MR) is 132 cm³/mol. The van der Waals surface area contributed by atoms with Crippen molar-refractivity contribution >= 4 is 44.5 Å².